The highest BCUT2D eigenvalue weighted by atomic mass is 127. The summed E-state index contributed by atoms with van der Waals surface area (Å²) in [6.07, 6.45) is 2.97. The van der Waals surface area contributed by atoms with Gasteiger partial charge in [-0.15, -0.1) is 24.0 Å². The van der Waals surface area contributed by atoms with Gasteiger partial charge in [-0.25, -0.2) is 4.98 Å². The zero-order valence-corrected chi connectivity index (χ0v) is 21.4. The molecule has 32 heavy (non-hydrogen) atoms. The number of aromatic nitrogens is 1. The minimum absolute atomic E-state index is 0. The summed E-state index contributed by atoms with van der Waals surface area (Å²) >= 11 is 0. The summed E-state index contributed by atoms with van der Waals surface area (Å²) in [5.41, 5.74) is 2.54. The molecule has 2 aromatic rings. The fourth-order valence-corrected chi connectivity index (χ4v) is 4.44. The molecule has 1 aromatic heterocycles. The summed E-state index contributed by atoms with van der Waals surface area (Å²) in [6.45, 7) is 8.29. The van der Waals surface area contributed by atoms with Crippen molar-refractivity contribution in [1.29, 1.82) is 0 Å². The first kappa shape index (κ1) is 24.7. The van der Waals surface area contributed by atoms with Crippen LogP contribution in [0.2, 0.25) is 0 Å². The standard InChI is InChI=1S/C24H34N6O.HI/c1-19-15-22(18-30(19)17-20-7-4-3-5-8-20)28-24(25-2)27-16-21-9-6-10-26-23(21)29-11-13-31-14-12-29;/h3-10,19,22H,11-18H2,1-2H3,(H2,25,27,28);1H. The Labute approximate surface area is 208 Å². The highest BCUT2D eigenvalue weighted by molar-refractivity contribution is 14.0. The lowest BCUT2D eigenvalue weighted by Crippen LogP contribution is -2.44. The molecule has 2 aliphatic heterocycles. The van der Waals surface area contributed by atoms with E-state index >= 15 is 0 Å². The zero-order chi connectivity index (χ0) is 21.5. The molecular formula is C24H35IN6O. The van der Waals surface area contributed by atoms with Gasteiger partial charge in [0.2, 0.25) is 0 Å². The number of nitrogens with zero attached hydrogens (tertiary/aromatic N) is 4. The van der Waals surface area contributed by atoms with E-state index in [0.29, 0.717) is 18.6 Å². The second-order valence-electron chi connectivity index (χ2n) is 8.35. The minimum atomic E-state index is 0. The highest BCUT2D eigenvalue weighted by Gasteiger charge is 2.29. The van der Waals surface area contributed by atoms with Gasteiger partial charge in [-0.05, 0) is 25.0 Å². The van der Waals surface area contributed by atoms with E-state index < -0.39 is 0 Å². The van der Waals surface area contributed by atoms with Gasteiger partial charge in [-0.1, -0.05) is 36.4 Å². The quantitative estimate of drug-likeness (QED) is 0.328. The van der Waals surface area contributed by atoms with Crippen molar-refractivity contribution in [2.24, 2.45) is 4.99 Å². The molecule has 7 nitrogen and oxygen atoms in total. The molecule has 3 heterocycles. The van der Waals surface area contributed by atoms with Gasteiger partial charge >= 0.3 is 0 Å². The molecule has 2 aliphatic rings. The molecule has 2 fully saturated rings. The van der Waals surface area contributed by atoms with Gasteiger partial charge in [0.15, 0.2) is 5.96 Å². The van der Waals surface area contributed by atoms with Gasteiger partial charge in [0, 0.05) is 63.6 Å². The van der Waals surface area contributed by atoms with Crippen molar-refractivity contribution >= 4 is 35.8 Å². The molecule has 0 radical (unpaired) electrons. The van der Waals surface area contributed by atoms with Crippen molar-refractivity contribution in [3.63, 3.8) is 0 Å². The molecule has 1 aromatic carbocycles. The van der Waals surface area contributed by atoms with Crippen molar-refractivity contribution in [2.45, 2.75) is 38.5 Å². The lowest BCUT2D eigenvalue weighted by molar-refractivity contribution is 0.122. The number of pyridine rings is 1. The predicted octanol–water partition coefficient (Wildman–Crippen LogP) is 2.86. The third-order valence-electron chi connectivity index (χ3n) is 6.12. The molecule has 0 amide bonds. The Bertz CT molecular complexity index is 859. The van der Waals surface area contributed by atoms with Gasteiger partial charge in [0.05, 0.1) is 13.2 Å². The molecule has 2 unspecified atom stereocenters. The third kappa shape index (κ3) is 6.55. The van der Waals surface area contributed by atoms with Crippen LogP contribution >= 0.6 is 24.0 Å². The van der Waals surface area contributed by atoms with Crippen LogP contribution in [0.3, 0.4) is 0 Å². The van der Waals surface area contributed by atoms with Crippen molar-refractivity contribution < 1.29 is 4.74 Å². The van der Waals surface area contributed by atoms with E-state index in [1.165, 1.54) is 11.1 Å². The second-order valence-corrected chi connectivity index (χ2v) is 8.35. The van der Waals surface area contributed by atoms with Crippen molar-refractivity contribution in [2.75, 3.05) is 44.8 Å². The molecule has 0 saturated carbocycles. The monoisotopic (exact) mass is 550 g/mol. The predicted molar refractivity (Wildman–Crippen MR) is 141 cm³/mol. The van der Waals surface area contributed by atoms with E-state index in [9.17, 15) is 0 Å². The average molecular weight is 550 g/mol. The maximum absolute atomic E-state index is 5.49. The van der Waals surface area contributed by atoms with Crippen LogP contribution in [0.5, 0.6) is 0 Å². The molecule has 8 heteroatoms. The molecule has 4 rings (SSSR count). The zero-order valence-electron chi connectivity index (χ0n) is 19.0. The Kier molecular flexibility index (Phi) is 9.55. The van der Waals surface area contributed by atoms with Crippen LogP contribution in [0.15, 0.2) is 53.7 Å². The SMILES string of the molecule is CN=C(NCc1cccnc1N1CCOCC1)NC1CC(C)N(Cc2ccccc2)C1.I. The number of morpholine rings is 1. The van der Waals surface area contributed by atoms with Crippen LogP contribution < -0.4 is 15.5 Å². The summed E-state index contributed by atoms with van der Waals surface area (Å²) < 4.78 is 5.49. The molecule has 174 valence electrons. The number of anilines is 1. The Morgan fingerprint density at radius 1 is 1.16 bits per heavy atom. The first-order chi connectivity index (χ1) is 15.2. The Morgan fingerprint density at radius 3 is 2.69 bits per heavy atom. The largest absolute Gasteiger partial charge is 0.378 e. The van der Waals surface area contributed by atoms with Gasteiger partial charge in [-0.3, -0.25) is 9.89 Å². The van der Waals surface area contributed by atoms with Gasteiger partial charge in [0.1, 0.15) is 5.82 Å². The van der Waals surface area contributed by atoms with Crippen molar-refractivity contribution in [3.05, 3.63) is 59.8 Å². The third-order valence-corrected chi connectivity index (χ3v) is 6.12. The van der Waals surface area contributed by atoms with E-state index in [2.05, 4.69) is 73.7 Å². The first-order valence-electron chi connectivity index (χ1n) is 11.2. The van der Waals surface area contributed by atoms with E-state index in [1.54, 1.807) is 0 Å². The van der Waals surface area contributed by atoms with E-state index in [1.807, 2.05) is 19.3 Å². The van der Waals surface area contributed by atoms with Gasteiger partial charge in [-0.2, -0.15) is 0 Å². The number of benzene rings is 1. The average Bonchev–Trinajstić information content (AvgIpc) is 3.16. The van der Waals surface area contributed by atoms with Crippen LogP contribution in [0.1, 0.15) is 24.5 Å². The number of rotatable bonds is 6. The normalized spacial score (nSPS) is 21.8. The summed E-state index contributed by atoms with van der Waals surface area (Å²) in [5, 5.41) is 7.12. The summed E-state index contributed by atoms with van der Waals surface area (Å²) in [5.74, 6) is 1.88. The van der Waals surface area contributed by atoms with E-state index in [0.717, 1.165) is 57.6 Å². The van der Waals surface area contributed by atoms with Crippen molar-refractivity contribution in [1.82, 2.24) is 20.5 Å². The Balaban J connectivity index is 0.00000289. The second kappa shape index (κ2) is 12.4. The molecule has 0 spiro atoms. The number of aliphatic imine (C=N–C) groups is 1. The maximum atomic E-state index is 5.49. The van der Waals surface area contributed by atoms with E-state index in [-0.39, 0.29) is 24.0 Å². The fourth-order valence-electron chi connectivity index (χ4n) is 4.44. The van der Waals surface area contributed by atoms with Gasteiger partial charge in [0.25, 0.3) is 0 Å². The molecule has 0 aliphatic carbocycles. The molecular weight excluding hydrogens is 515 g/mol. The van der Waals surface area contributed by atoms with Crippen LogP contribution in [-0.4, -0.2) is 67.8 Å². The number of halogens is 1. The van der Waals surface area contributed by atoms with Crippen LogP contribution in [0, 0.1) is 0 Å². The lowest BCUT2D eigenvalue weighted by atomic mass is 10.2. The number of guanidine groups is 1. The molecule has 2 N–H and O–H groups in total. The van der Waals surface area contributed by atoms with Gasteiger partial charge < -0.3 is 20.3 Å². The molecule has 2 saturated heterocycles. The Morgan fingerprint density at radius 2 is 1.94 bits per heavy atom. The number of hydrogen-bond acceptors (Lipinski definition) is 5. The minimum Gasteiger partial charge on any atom is -0.378 e. The smallest absolute Gasteiger partial charge is 0.191 e. The van der Waals surface area contributed by atoms with Crippen LogP contribution in [0.25, 0.3) is 0 Å². The summed E-state index contributed by atoms with van der Waals surface area (Å²) in [7, 11) is 1.83. The summed E-state index contributed by atoms with van der Waals surface area (Å²) in [4.78, 5) is 13.9. The van der Waals surface area contributed by atoms with Crippen molar-refractivity contribution in [3.8, 4) is 0 Å². The first-order valence-corrected chi connectivity index (χ1v) is 11.2. The molecule has 0 bridgehead atoms. The van der Waals surface area contributed by atoms with Crippen LogP contribution in [0.4, 0.5) is 5.82 Å². The summed E-state index contributed by atoms with van der Waals surface area (Å²) in [6, 6.07) is 15.8. The number of ether oxygens (including phenoxy) is 1. The number of likely N-dealkylation sites (tertiary alicyclic amines) is 1. The van der Waals surface area contributed by atoms with Crippen LogP contribution in [-0.2, 0) is 17.8 Å². The molecule has 2 atom stereocenters. The highest BCUT2D eigenvalue weighted by Crippen LogP contribution is 2.21. The Hall–Kier alpha value is -1.91. The lowest BCUT2D eigenvalue weighted by Gasteiger charge is -2.29. The number of nitrogens with one attached hydrogen (secondary N) is 2. The fraction of sp³-hybridized carbons (Fsp3) is 0.500. The topological polar surface area (TPSA) is 65.0 Å². The number of hydrogen-bond donors (Lipinski definition) is 2. The van der Waals surface area contributed by atoms with E-state index in [4.69, 9.17) is 4.74 Å². The maximum Gasteiger partial charge on any atom is 0.191 e.